The molecule has 36 heavy (non-hydrogen) atoms. The highest BCUT2D eigenvalue weighted by Gasteiger charge is 2.23. The van der Waals surface area contributed by atoms with E-state index in [4.69, 9.17) is 4.98 Å². The zero-order valence-corrected chi connectivity index (χ0v) is 21.3. The Morgan fingerprint density at radius 1 is 0.972 bits per heavy atom. The average molecular weight is 505 g/mol. The number of hydrogen-bond acceptors (Lipinski definition) is 7. The van der Waals surface area contributed by atoms with E-state index in [0.717, 1.165) is 61.7 Å². The monoisotopic (exact) mass is 504 g/mol. The molecule has 0 radical (unpaired) electrons. The Labute approximate surface area is 213 Å². The summed E-state index contributed by atoms with van der Waals surface area (Å²) in [5.74, 6) is -0.308. The van der Waals surface area contributed by atoms with Gasteiger partial charge in [0, 0.05) is 26.2 Å². The summed E-state index contributed by atoms with van der Waals surface area (Å²) >= 11 is 1.47. The first-order valence-corrected chi connectivity index (χ1v) is 13.8. The molecule has 188 valence electrons. The Kier molecular flexibility index (Phi) is 6.60. The van der Waals surface area contributed by atoms with Crippen LogP contribution in [-0.2, 0) is 0 Å². The number of nitrogens with one attached hydrogen (secondary N) is 2. The Morgan fingerprint density at radius 3 is 2.42 bits per heavy atom. The van der Waals surface area contributed by atoms with Crippen molar-refractivity contribution >= 4 is 49.0 Å². The van der Waals surface area contributed by atoms with Gasteiger partial charge in [-0.05, 0) is 70.1 Å². The maximum Gasteiger partial charge on any atom is 0.258 e. The van der Waals surface area contributed by atoms with E-state index in [0.29, 0.717) is 22.4 Å². The molecule has 0 unspecified atom stereocenters. The molecule has 2 aliphatic rings. The number of carbonyl (C=O) groups excluding carboxylic acids is 1. The van der Waals surface area contributed by atoms with E-state index < -0.39 is 0 Å². The summed E-state index contributed by atoms with van der Waals surface area (Å²) in [6, 6.07) is 9.84. The van der Waals surface area contributed by atoms with Crippen molar-refractivity contribution in [3.05, 3.63) is 52.3 Å². The van der Waals surface area contributed by atoms with Gasteiger partial charge in [0.15, 0.2) is 0 Å². The SMILES string of the molecule is O=C(NCCN1CCCC1)c1c(=O)c2cc(NCCN3CCCC3)cnc2n2c1sc1ccccc12. The fourth-order valence-electron chi connectivity index (χ4n) is 5.48. The van der Waals surface area contributed by atoms with Crippen molar-refractivity contribution < 1.29 is 4.79 Å². The van der Waals surface area contributed by atoms with E-state index >= 15 is 0 Å². The standard InChI is InChI=1S/C27H32N6O2S/c34-24-20-17-19(28-9-15-31-11-3-4-12-31)18-30-25(20)33-21-7-1-2-8-22(21)36-27(33)23(24)26(35)29-10-16-32-13-5-6-14-32/h1-2,7-8,17-18,28H,3-6,9-16H2,(H,29,35). The maximum absolute atomic E-state index is 13.8. The first-order chi connectivity index (χ1) is 17.7. The molecule has 2 N–H and O–H groups in total. The second-order valence-electron chi connectivity index (χ2n) is 9.79. The van der Waals surface area contributed by atoms with Crippen molar-refractivity contribution in [1.29, 1.82) is 0 Å². The number of rotatable bonds is 8. The lowest BCUT2D eigenvalue weighted by Gasteiger charge is -2.16. The fourth-order valence-corrected chi connectivity index (χ4v) is 6.66. The van der Waals surface area contributed by atoms with Crippen LogP contribution in [0.1, 0.15) is 36.0 Å². The molecule has 0 aliphatic carbocycles. The Hall–Kier alpha value is -3.01. The minimum absolute atomic E-state index is 0.209. The maximum atomic E-state index is 13.8. The molecular formula is C27H32N6O2S. The van der Waals surface area contributed by atoms with Crippen LogP contribution in [0.2, 0.25) is 0 Å². The van der Waals surface area contributed by atoms with Crippen molar-refractivity contribution in [2.45, 2.75) is 25.7 Å². The summed E-state index contributed by atoms with van der Waals surface area (Å²) < 4.78 is 2.99. The molecule has 2 aliphatic heterocycles. The van der Waals surface area contributed by atoms with Crippen LogP contribution in [-0.4, -0.2) is 77.4 Å². The van der Waals surface area contributed by atoms with E-state index in [2.05, 4.69) is 20.4 Å². The van der Waals surface area contributed by atoms with Crippen LogP contribution in [0.4, 0.5) is 5.69 Å². The number of carbonyl (C=O) groups is 1. The summed E-state index contributed by atoms with van der Waals surface area (Å²) in [6.07, 6.45) is 6.75. The molecule has 5 heterocycles. The first kappa shape index (κ1) is 23.4. The van der Waals surface area contributed by atoms with Gasteiger partial charge in [-0.2, -0.15) is 0 Å². The molecule has 8 nitrogen and oxygen atoms in total. The highest BCUT2D eigenvalue weighted by atomic mass is 32.1. The van der Waals surface area contributed by atoms with Crippen LogP contribution < -0.4 is 16.1 Å². The lowest BCUT2D eigenvalue weighted by molar-refractivity contribution is 0.0950. The predicted molar refractivity (Wildman–Crippen MR) is 147 cm³/mol. The lowest BCUT2D eigenvalue weighted by Crippen LogP contribution is -2.35. The number of thiazole rings is 1. The molecule has 1 aromatic carbocycles. The summed E-state index contributed by atoms with van der Waals surface area (Å²) in [6.45, 7) is 7.56. The Balaban J connectivity index is 1.36. The van der Waals surface area contributed by atoms with Gasteiger partial charge in [0.1, 0.15) is 16.0 Å². The van der Waals surface area contributed by atoms with Crippen molar-refractivity contribution in [2.24, 2.45) is 0 Å². The van der Waals surface area contributed by atoms with E-state index in [9.17, 15) is 9.59 Å². The normalized spacial score (nSPS) is 17.0. The molecule has 0 atom stereocenters. The summed E-state index contributed by atoms with van der Waals surface area (Å²) in [7, 11) is 0. The second kappa shape index (κ2) is 10.2. The smallest absolute Gasteiger partial charge is 0.258 e. The molecule has 0 spiro atoms. The van der Waals surface area contributed by atoms with Gasteiger partial charge in [-0.15, -0.1) is 11.3 Å². The van der Waals surface area contributed by atoms with Gasteiger partial charge in [0.05, 0.1) is 27.5 Å². The van der Waals surface area contributed by atoms with Crippen molar-refractivity contribution in [3.8, 4) is 0 Å². The minimum atomic E-state index is -0.308. The van der Waals surface area contributed by atoms with Gasteiger partial charge in [-0.25, -0.2) is 4.98 Å². The molecule has 4 aromatic rings. The molecule has 2 saturated heterocycles. The Morgan fingerprint density at radius 2 is 1.67 bits per heavy atom. The zero-order valence-electron chi connectivity index (χ0n) is 20.5. The number of hydrogen-bond donors (Lipinski definition) is 2. The van der Waals surface area contributed by atoms with Crippen LogP contribution in [0.15, 0.2) is 41.3 Å². The molecule has 9 heteroatoms. The molecule has 0 saturated carbocycles. The van der Waals surface area contributed by atoms with Crippen LogP contribution in [0.3, 0.4) is 0 Å². The van der Waals surface area contributed by atoms with Crippen molar-refractivity contribution in [2.75, 3.05) is 57.7 Å². The average Bonchev–Trinajstić information content (AvgIpc) is 3.66. The van der Waals surface area contributed by atoms with E-state index in [1.165, 1.54) is 37.0 Å². The summed E-state index contributed by atoms with van der Waals surface area (Å²) in [5.41, 5.74) is 2.30. The highest BCUT2D eigenvalue weighted by molar-refractivity contribution is 7.24. The third kappa shape index (κ3) is 4.47. The fraction of sp³-hybridized carbons (Fsp3) is 0.444. The second-order valence-corrected chi connectivity index (χ2v) is 10.8. The lowest BCUT2D eigenvalue weighted by atomic mass is 10.1. The van der Waals surface area contributed by atoms with Gasteiger partial charge in [0.2, 0.25) is 5.43 Å². The molecule has 2 fully saturated rings. The molecule has 1 amide bonds. The Bertz CT molecular complexity index is 1470. The number of nitrogens with zero attached hydrogens (tertiary/aromatic N) is 4. The number of fused-ring (bicyclic) bond motifs is 5. The van der Waals surface area contributed by atoms with Gasteiger partial charge in [-0.3, -0.25) is 14.0 Å². The number of anilines is 1. The molecular weight excluding hydrogens is 472 g/mol. The quantitative estimate of drug-likeness (QED) is 0.383. The number of amides is 1. The highest BCUT2D eigenvalue weighted by Crippen LogP contribution is 2.31. The molecule has 6 rings (SSSR count). The van der Waals surface area contributed by atoms with Gasteiger partial charge in [0.25, 0.3) is 5.91 Å². The van der Waals surface area contributed by atoms with Crippen LogP contribution in [0.5, 0.6) is 0 Å². The largest absolute Gasteiger partial charge is 0.382 e. The van der Waals surface area contributed by atoms with Gasteiger partial charge < -0.3 is 20.4 Å². The number of benzene rings is 1. The van der Waals surface area contributed by atoms with E-state index in [1.807, 2.05) is 34.7 Å². The molecule has 0 bridgehead atoms. The third-order valence-electron chi connectivity index (χ3n) is 7.38. The predicted octanol–water partition coefficient (Wildman–Crippen LogP) is 3.40. The van der Waals surface area contributed by atoms with Crippen LogP contribution in [0.25, 0.3) is 26.1 Å². The number of pyridine rings is 2. The molecule has 3 aromatic heterocycles. The van der Waals surface area contributed by atoms with E-state index in [-0.39, 0.29) is 16.9 Å². The topological polar surface area (TPSA) is 82.0 Å². The van der Waals surface area contributed by atoms with Gasteiger partial charge >= 0.3 is 0 Å². The minimum Gasteiger partial charge on any atom is -0.382 e. The summed E-state index contributed by atoms with van der Waals surface area (Å²) in [5, 5.41) is 6.91. The van der Waals surface area contributed by atoms with Gasteiger partial charge in [-0.1, -0.05) is 12.1 Å². The summed E-state index contributed by atoms with van der Waals surface area (Å²) in [4.78, 5) is 37.3. The number of para-hydroxylation sites is 1. The first-order valence-electron chi connectivity index (χ1n) is 13.0. The van der Waals surface area contributed by atoms with Crippen LogP contribution in [0, 0.1) is 0 Å². The zero-order chi connectivity index (χ0) is 24.5. The van der Waals surface area contributed by atoms with Crippen LogP contribution >= 0.6 is 11.3 Å². The van der Waals surface area contributed by atoms with E-state index in [1.54, 1.807) is 6.20 Å². The number of aromatic nitrogens is 2. The number of likely N-dealkylation sites (tertiary alicyclic amines) is 2. The third-order valence-corrected chi connectivity index (χ3v) is 8.52. The van der Waals surface area contributed by atoms with Crippen molar-refractivity contribution in [3.63, 3.8) is 0 Å². The van der Waals surface area contributed by atoms with Crippen molar-refractivity contribution in [1.82, 2.24) is 24.5 Å².